The fourth-order valence-electron chi connectivity index (χ4n) is 4.15. The van der Waals surface area contributed by atoms with Gasteiger partial charge in [-0.25, -0.2) is 0 Å². The number of fused-ring (bicyclic) bond motifs is 1. The molecule has 0 radical (unpaired) electrons. The van der Waals surface area contributed by atoms with Crippen LogP contribution in [0.3, 0.4) is 0 Å². The molecule has 0 saturated heterocycles. The summed E-state index contributed by atoms with van der Waals surface area (Å²) in [6.07, 6.45) is 3.37. The van der Waals surface area contributed by atoms with E-state index in [2.05, 4.69) is 5.32 Å². The third-order valence-electron chi connectivity index (χ3n) is 5.90. The van der Waals surface area contributed by atoms with Crippen molar-refractivity contribution in [3.8, 4) is 22.6 Å². The Bertz CT molecular complexity index is 1360. The standard InChI is InChI=1S/C29H29NO4/c1-6-33-22-13-11-21(12-14-22)25-17-34-29-20(4)28(32-5)23(16-24(25)29)19(3)15-27(31)30-26-10-8-7-9-18(26)2/h7-17H,6H2,1-5H3,(H,30,31)/b19-15+. The van der Waals surface area contributed by atoms with Gasteiger partial charge in [0.05, 0.1) is 20.0 Å². The average Bonchev–Trinajstić information content (AvgIpc) is 3.25. The minimum atomic E-state index is -0.189. The number of hydrogen-bond acceptors (Lipinski definition) is 4. The number of carbonyl (C=O) groups is 1. The summed E-state index contributed by atoms with van der Waals surface area (Å²) < 4.78 is 17.3. The molecule has 0 spiro atoms. The van der Waals surface area contributed by atoms with Crippen molar-refractivity contribution in [3.63, 3.8) is 0 Å². The number of anilines is 1. The number of allylic oxidation sites excluding steroid dienone is 1. The largest absolute Gasteiger partial charge is 0.496 e. The summed E-state index contributed by atoms with van der Waals surface area (Å²) in [6.45, 7) is 8.44. The highest BCUT2D eigenvalue weighted by Gasteiger charge is 2.19. The first kappa shape index (κ1) is 23.2. The maximum absolute atomic E-state index is 12.8. The van der Waals surface area contributed by atoms with Crippen LogP contribution in [-0.4, -0.2) is 19.6 Å². The Hall–Kier alpha value is -3.99. The molecule has 1 aromatic heterocycles. The SMILES string of the molecule is CCOc1ccc(-c2coc3c(C)c(OC)c(/C(C)=C/C(=O)Nc4ccccc4C)cc23)cc1. The minimum Gasteiger partial charge on any atom is -0.496 e. The second-order valence-corrected chi connectivity index (χ2v) is 8.20. The quantitative estimate of drug-likeness (QED) is 0.300. The van der Waals surface area contributed by atoms with Crippen molar-refractivity contribution in [2.75, 3.05) is 19.0 Å². The number of methoxy groups -OCH3 is 1. The Labute approximate surface area is 200 Å². The number of para-hydroxylation sites is 1. The summed E-state index contributed by atoms with van der Waals surface area (Å²) >= 11 is 0. The van der Waals surface area contributed by atoms with Crippen LogP contribution in [0.2, 0.25) is 0 Å². The molecule has 0 bridgehead atoms. The van der Waals surface area contributed by atoms with Crippen molar-refractivity contribution in [2.24, 2.45) is 0 Å². The molecule has 0 aliphatic carbocycles. The monoisotopic (exact) mass is 455 g/mol. The minimum absolute atomic E-state index is 0.189. The van der Waals surface area contributed by atoms with Crippen molar-refractivity contribution < 1.29 is 18.7 Å². The van der Waals surface area contributed by atoms with E-state index in [0.29, 0.717) is 12.4 Å². The van der Waals surface area contributed by atoms with Gasteiger partial charge in [0.2, 0.25) is 5.91 Å². The van der Waals surface area contributed by atoms with Gasteiger partial charge in [-0.05, 0) is 68.7 Å². The number of furan rings is 1. The van der Waals surface area contributed by atoms with E-state index in [9.17, 15) is 4.79 Å². The van der Waals surface area contributed by atoms with Crippen LogP contribution < -0.4 is 14.8 Å². The molecule has 1 N–H and O–H groups in total. The highest BCUT2D eigenvalue weighted by atomic mass is 16.5. The van der Waals surface area contributed by atoms with E-state index in [1.54, 1.807) is 19.4 Å². The van der Waals surface area contributed by atoms with Crippen LogP contribution in [0.1, 0.15) is 30.5 Å². The number of carbonyl (C=O) groups excluding carboxylic acids is 1. The molecular weight excluding hydrogens is 426 g/mol. The Kier molecular flexibility index (Phi) is 6.73. The van der Waals surface area contributed by atoms with Gasteiger partial charge >= 0.3 is 0 Å². The van der Waals surface area contributed by atoms with E-state index < -0.39 is 0 Å². The predicted octanol–water partition coefficient (Wildman–Crippen LogP) is 7.17. The van der Waals surface area contributed by atoms with Crippen LogP contribution in [0.4, 0.5) is 5.69 Å². The maximum atomic E-state index is 12.8. The number of ether oxygens (including phenoxy) is 2. The lowest BCUT2D eigenvalue weighted by atomic mass is 9.96. The lowest BCUT2D eigenvalue weighted by Gasteiger charge is -2.14. The van der Waals surface area contributed by atoms with E-state index in [1.807, 2.05) is 82.3 Å². The number of amides is 1. The van der Waals surface area contributed by atoms with Gasteiger partial charge in [0.15, 0.2) is 0 Å². The first-order valence-electron chi connectivity index (χ1n) is 11.3. The number of rotatable bonds is 7. The van der Waals surface area contributed by atoms with Crippen LogP contribution >= 0.6 is 0 Å². The van der Waals surface area contributed by atoms with Gasteiger partial charge < -0.3 is 19.2 Å². The number of aryl methyl sites for hydroxylation is 2. The Morgan fingerprint density at radius 1 is 1.09 bits per heavy atom. The molecule has 34 heavy (non-hydrogen) atoms. The second kappa shape index (κ2) is 9.87. The molecule has 5 heteroatoms. The lowest BCUT2D eigenvalue weighted by Crippen LogP contribution is -2.09. The van der Waals surface area contributed by atoms with Gasteiger partial charge in [0.25, 0.3) is 0 Å². The van der Waals surface area contributed by atoms with Crippen molar-refractivity contribution in [1.82, 2.24) is 0 Å². The second-order valence-electron chi connectivity index (χ2n) is 8.20. The molecule has 0 saturated carbocycles. The van der Waals surface area contributed by atoms with Gasteiger partial charge in [-0.3, -0.25) is 4.79 Å². The van der Waals surface area contributed by atoms with E-state index >= 15 is 0 Å². The van der Waals surface area contributed by atoms with Gasteiger partial charge in [0.1, 0.15) is 17.1 Å². The van der Waals surface area contributed by atoms with Gasteiger partial charge in [0, 0.05) is 33.8 Å². The van der Waals surface area contributed by atoms with Crippen LogP contribution in [0.25, 0.3) is 27.7 Å². The van der Waals surface area contributed by atoms with Crippen LogP contribution in [0.5, 0.6) is 11.5 Å². The Balaban J connectivity index is 1.74. The van der Waals surface area contributed by atoms with Crippen molar-refractivity contribution in [3.05, 3.63) is 83.6 Å². The summed E-state index contributed by atoms with van der Waals surface area (Å²) in [5, 5.41) is 3.92. The average molecular weight is 456 g/mol. The zero-order chi connectivity index (χ0) is 24.2. The predicted molar refractivity (Wildman–Crippen MR) is 138 cm³/mol. The van der Waals surface area contributed by atoms with Gasteiger partial charge in [-0.15, -0.1) is 0 Å². The Morgan fingerprint density at radius 2 is 1.82 bits per heavy atom. The number of nitrogens with one attached hydrogen (secondary N) is 1. The summed E-state index contributed by atoms with van der Waals surface area (Å²) in [7, 11) is 1.63. The fourth-order valence-corrected chi connectivity index (χ4v) is 4.15. The van der Waals surface area contributed by atoms with Gasteiger partial charge in [-0.1, -0.05) is 30.3 Å². The summed E-state index contributed by atoms with van der Waals surface area (Å²) in [4.78, 5) is 12.8. The number of hydrogen-bond donors (Lipinski definition) is 1. The molecule has 4 rings (SSSR count). The molecule has 0 aliphatic rings. The topological polar surface area (TPSA) is 60.7 Å². The molecule has 0 fully saturated rings. The molecular formula is C29H29NO4. The van der Waals surface area contributed by atoms with Crippen molar-refractivity contribution in [1.29, 1.82) is 0 Å². The fraction of sp³-hybridized carbons (Fsp3) is 0.207. The van der Waals surface area contributed by atoms with Crippen LogP contribution in [0, 0.1) is 13.8 Å². The first-order chi connectivity index (χ1) is 16.4. The molecule has 0 aliphatic heterocycles. The molecule has 4 aromatic rings. The highest BCUT2D eigenvalue weighted by molar-refractivity contribution is 6.06. The van der Waals surface area contributed by atoms with E-state index in [4.69, 9.17) is 13.9 Å². The molecule has 3 aromatic carbocycles. The van der Waals surface area contributed by atoms with E-state index in [-0.39, 0.29) is 5.91 Å². The maximum Gasteiger partial charge on any atom is 0.248 e. The molecule has 174 valence electrons. The highest BCUT2D eigenvalue weighted by Crippen LogP contribution is 2.40. The smallest absolute Gasteiger partial charge is 0.248 e. The molecule has 1 heterocycles. The molecule has 0 unspecified atom stereocenters. The summed E-state index contributed by atoms with van der Waals surface area (Å²) in [5.41, 5.74) is 7.10. The molecule has 0 atom stereocenters. The third-order valence-corrected chi connectivity index (χ3v) is 5.90. The molecule has 1 amide bonds. The van der Waals surface area contributed by atoms with Crippen LogP contribution in [-0.2, 0) is 4.79 Å². The Morgan fingerprint density at radius 3 is 2.50 bits per heavy atom. The lowest BCUT2D eigenvalue weighted by molar-refractivity contribution is -0.111. The summed E-state index contributed by atoms with van der Waals surface area (Å²) in [5.74, 6) is 1.33. The third kappa shape index (κ3) is 4.55. The molecule has 5 nitrogen and oxygen atoms in total. The van der Waals surface area contributed by atoms with Crippen LogP contribution in [0.15, 0.2) is 71.4 Å². The van der Waals surface area contributed by atoms with E-state index in [1.165, 1.54) is 0 Å². The van der Waals surface area contributed by atoms with Crippen molar-refractivity contribution >= 4 is 28.1 Å². The summed E-state index contributed by atoms with van der Waals surface area (Å²) in [6, 6.07) is 17.7. The normalized spacial score (nSPS) is 11.5. The van der Waals surface area contributed by atoms with E-state index in [0.717, 1.165) is 55.8 Å². The first-order valence-corrected chi connectivity index (χ1v) is 11.3. The zero-order valence-electron chi connectivity index (χ0n) is 20.2. The zero-order valence-corrected chi connectivity index (χ0v) is 20.2. The number of benzene rings is 3. The van der Waals surface area contributed by atoms with Crippen molar-refractivity contribution in [2.45, 2.75) is 27.7 Å². The van der Waals surface area contributed by atoms with Gasteiger partial charge in [-0.2, -0.15) is 0 Å².